The molecule has 7 nitrogen and oxygen atoms in total. The lowest BCUT2D eigenvalue weighted by Crippen LogP contribution is -2.55. The number of halogens is 2. The second-order valence-electron chi connectivity index (χ2n) is 8.65. The van der Waals surface area contributed by atoms with Crippen molar-refractivity contribution < 1.29 is 18.3 Å². The Balaban J connectivity index is 1.50. The molecule has 0 atom stereocenters. The molecule has 3 heterocycles. The van der Waals surface area contributed by atoms with Gasteiger partial charge in [-0.05, 0) is 44.2 Å². The summed E-state index contributed by atoms with van der Waals surface area (Å²) in [6.07, 6.45) is 6.91. The summed E-state index contributed by atoms with van der Waals surface area (Å²) in [4.78, 5) is 10.8. The van der Waals surface area contributed by atoms with Crippen LogP contribution in [0.25, 0.3) is 11.3 Å². The average molecular weight is 436 g/mol. The number of nitrogens with zero attached hydrogens (tertiary/aromatic N) is 3. The largest absolute Gasteiger partial charge is 0.460 e. The van der Waals surface area contributed by atoms with Crippen LogP contribution in [0.2, 0.25) is 0 Å². The SMILES string of the molecule is CCCCNc1ncc(-c2ccc(CN3CC(F)(F)C3)o2)c(N[C@H]2CC[C@H](O)CC2)n1. The van der Waals surface area contributed by atoms with Crippen LogP contribution < -0.4 is 10.6 Å². The minimum absolute atomic E-state index is 0.221. The number of nitrogens with one attached hydrogen (secondary N) is 2. The number of aliphatic hydroxyl groups excluding tert-OH is 1. The van der Waals surface area contributed by atoms with Gasteiger partial charge in [0.15, 0.2) is 0 Å². The number of aromatic nitrogens is 2. The first-order chi connectivity index (χ1) is 14.9. The van der Waals surface area contributed by atoms with Gasteiger partial charge < -0.3 is 20.2 Å². The van der Waals surface area contributed by atoms with E-state index in [1.807, 2.05) is 12.1 Å². The maximum Gasteiger partial charge on any atom is 0.272 e. The van der Waals surface area contributed by atoms with Gasteiger partial charge in [-0.15, -0.1) is 0 Å². The maximum atomic E-state index is 13.1. The van der Waals surface area contributed by atoms with Crippen LogP contribution >= 0.6 is 0 Å². The summed E-state index contributed by atoms with van der Waals surface area (Å²) in [7, 11) is 0. The third-order valence-corrected chi connectivity index (χ3v) is 5.86. The van der Waals surface area contributed by atoms with E-state index in [1.54, 1.807) is 11.1 Å². The fourth-order valence-electron chi connectivity index (χ4n) is 4.10. The van der Waals surface area contributed by atoms with Gasteiger partial charge in [-0.25, -0.2) is 13.8 Å². The zero-order valence-corrected chi connectivity index (χ0v) is 17.9. The molecule has 0 amide bonds. The molecule has 3 N–H and O–H groups in total. The van der Waals surface area contributed by atoms with E-state index in [0.29, 0.717) is 29.8 Å². The lowest BCUT2D eigenvalue weighted by Gasteiger charge is -2.37. The number of furan rings is 1. The summed E-state index contributed by atoms with van der Waals surface area (Å²) in [6, 6.07) is 3.88. The average Bonchev–Trinajstić information content (AvgIpc) is 3.17. The lowest BCUT2D eigenvalue weighted by atomic mass is 9.93. The van der Waals surface area contributed by atoms with Crippen molar-refractivity contribution in [2.24, 2.45) is 0 Å². The second-order valence-corrected chi connectivity index (χ2v) is 8.65. The van der Waals surface area contributed by atoms with Crippen molar-refractivity contribution in [2.45, 2.75) is 70.1 Å². The third kappa shape index (κ3) is 5.71. The molecule has 2 aromatic heterocycles. The van der Waals surface area contributed by atoms with Crippen molar-refractivity contribution in [2.75, 3.05) is 30.3 Å². The topological polar surface area (TPSA) is 86.5 Å². The summed E-state index contributed by atoms with van der Waals surface area (Å²) in [5.41, 5.74) is 0.743. The molecule has 1 saturated heterocycles. The number of aliphatic hydroxyl groups is 1. The van der Waals surface area contributed by atoms with Gasteiger partial charge in [-0.1, -0.05) is 13.3 Å². The Morgan fingerprint density at radius 3 is 2.71 bits per heavy atom. The van der Waals surface area contributed by atoms with Crippen molar-refractivity contribution in [3.63, 3.8) is 0 Å². The molecular formula is C22H31F2N5O2. The fraction of sp³-hybridized carbons (Fsp3) is 0.636. The van der Waals surface area contributed by atoms with E-state index in [2.05, 4.69) is 27.5 Å². The van der Waals surface area contributed by atoms with Gasteiger partial charge in [0.25, 0.3) is 5.92 Å². The Labute approximate surface area is 181 Å². The highest BCUT2D eigenvalue weighted by atomic mass is 19.3. The molecule has 2 aliphatic rings. The molecule has 0 bridgehead atoms. The van der Waals surface area contributed by atoms with Crippen LogP contribution in [0.1, 0.15) is 51.2 Å². The maximum absolute atomic E-state index is 13.1. The summed E-state index contributed by atoms with van der Waals surface area (Å²) in [5, 5.41) is 16.6. The molecule has 0 spiro atoms. The fourth-order valence-corrected chi connectivity index (χ4v) is 4.10. The highest BCUT2D eigenvalue weighted by Crippen LogP contribution is 2.33. The predicted octanol–water partition coefficient (Wildman–Crippen LogP) is 4.11. The van der Waals surface area contributed by atoms with Gasteiger partial charge in [-0.2, -0.15) is 4.98 Å². The number of unbranched alkanes of at least 4 members (excludes halogenated alkanes) is 1. The normalized spacial score (nSPS) is 23.4. The minimum atomic E-state index is -2.59. The van der Waals surface area contributed by atoms with Crippen LogP contribution in [0.4, 0.5) is 20.5 Å². The summed E-state index contributed by atoms with van der Waals surface area (Å²) >= 11 is 0. The molecule has 9 heteroatoms. The predicted molar refractivity (Wildman–Crippen MR) is 115 cm³/mol. The van der Waals surface area contributed by atoms with Gasteiger partial charge in [-0.3, -0.25) is 4.90 Å². The molecule has 31 heavy (non-hydrogen) atoms. The number of anilines is 2. The number of hydrogen-bond donors (Lipinski definition) is 3. The van der Waals surface area contributed by atoms with Crippen LogP contribution in [0.15, 0.2) is 22.7 Å². The van der Waals surface area contributed by atoms with Gasteiger partial charge >= 0.3 is 0 Å². The molecule has 170 valence electrons. The highest BCUT2D eigenvalue weighted by molar-refractivity contribution is 5.72. The van der Waals surface area contributed by atoms with Gasteiger partial charge in [0, 0.05) is 18.8 Å². The van der Waals surface area contributed by atoms with E-state index < -0.39 is 5.92 Å². The van der Waals surface area contributed by atoms with Crippen molar-refractivity contribution >= 4 is 11.8 Å². The van der Waals surface area contributed by atoms with E-state index in [0.717, 1.165) is 50.6 Å². The van der Waals surface area contributed by atoms with E-state index in [9.17, 15) is 13.9 Å². The third-order valence-electron chi connectivity index (χ3n) is 5.86. The smallest absolute Gasteiger partial charge is 0.272 e. The number of hydrogen-bond acceptors (Lipinski definition) is 7. The molecular weight excluding hydrogens is 404 g/mol. The quantitative estimate of drug-likeness (QED) is 0.511. The molecule has 1 saturated carbocycles. The zero-order valence-electron chi connectivity index (χ0n) is 17.9. The van der Waals surface area contributed by atoms with Crippen LogP contribution in [0.5, 0.6) is 0 Å². The van der Waals surface area contributed by atoms with Gasteiger partial charge in [0.05, 0.1) is 31.3 Å². The van der Waals surface area contributed by atoms with E-state index in [4.69, 9.17) is 4.42 Å². The molecule has 2 fully saturated rings. The molecule has 1 aliphatic heterocycles. The van der Waals surface area contributed by atoms with Crippen LogP contribution in [0.3, 0.4) is 0 Å². The van der Waals surface area contributed by atoms with E-state index in [-0.39, 0.29) is 25.2 Å². The second kappa shape index (κ2) is 9.48. The van der Waals surface area contributed by atoms with Crippen molar-refractivity contribution in [3.05, 3.63) is 24.1 Å². The lowest BCUT2D eigenvalue weighted by molar-refractivity contribution is -0.135. The van der Waals surface area contributed by atoms with Crippen molar-refractivity contribution in [3.8, 4) is 11.3 Å². The van der Waals surface area contributed by atoms with Crippen LogP contribution in [-0.2, 0) is 6.54 Å². The first-order valence-corrected chi connectivity index (χ1v) is 11.2. The number of likely N-dealkylation sites (tertiary alicyclic amines) is 1. The van der Waals surface area contributed by atoms with E-state index in [1.165, 1.54) is 0 Å². The Morgan fingerprint density at radius 2 is 2.00 bits per heavy atom. The summed E-state index contributed by atoms with van der Waals surface area (Å²) in [6.45, 7) is 2.83. The van der Waals surface area contributed by atoms with Gasteiger partial charge in [0.2, 0.25) is 5.95 Å². The zero-order chi connectivity index (χ0) is 21.8. The monoisotopic (exact) mass is 435 g/mol. The highest BCUT2D eigenvalue weighted by Gasteiger charge is 2.43. The molecule has 1 aliphatic carbocycles. The number of alkyl halides is 2. The molecule has 4 rings (SSSR count). The molecule has 0 unspecified atom stereocenters. The van der Waals surface area contributed by atoms with Crippen LogP contribution in [-0.4, -0.2) is 57.7 Å². The Morgan fingerprint density at radius 1 is 1.23 bits per heavy atom. The molecule has 2 aromatic rings. The Hall–Kier alpha value is -2.26. The Kier molecular flexibility index (Phi) is 6.71. The molecule has 0 aromatic carbocycles. The van der Waals surface area contributed by atoms with E-state index >= 15 is 0 Å². The van der Waals surface area contributed by atoms with Crippen molar-refractivity contribution in [1.29, 1.82) is 0 Å². The summed E-state index contributed by atoms with van der Waals surface area (Å²) < 4.78 is 32.1. The number of rotatable bonds is 9. The first-order valence-electron chi connectivity index (χ1n) is 11.2. The van der Waals surface area contributed by atoms with Gasteiger partial charge in [0.1, 0.15) is 17.3 Å². The standard InChI is InChI=1S/C22H31F2N5O2/c1-2-3-10-25-21-26-11-18(20(28-21)27-15-4-6-16(30)7-5-15)19-9-8-17(31-19)12-29-13-22(23,24)14-29/h8-9,11,15-16,30H,2-7,10,12-14H2,1H3,(H2,25,26,27,28)/t15-,16-. The first kappa shape index (κ1) is 22.0. The molecule has 0 radical (unpaired) electrons. The Bertz CT molecular complexity index is 859. The van der Waals surface area contributed by atoms with Crippen LogP contribution in [0, 0.1) is 0 Å². The minimum Gasteiger partial charge on any atom is -0.460 e. The van der Waals surface area contributed by atoms with Crippen molar-refractivity contribution in [1.82, 2.24) is 14.9 Å². The summed E-state index contributed by atoms with van der Waals surface area (Å²) in [5.74, 6) is -0.0887.